The molecule has 0 aliphatic rings. The Bertz CT molecular complexity index is 273. The van der Waals surface area contributed by atoms with Gasteiger partial charge in [0.05, 0.1) is 46.2 Å². The van der Waals surface area contributed by atoms with Gasteiger partial charge in [-0.05, 0) is 0 Å². The molecule has 0 fully saturated rings. The maximum atomic E-state index is 10.9. The molecule has 7 heteroatoms. The number of nitrogens with one attached hydrogen (secondary N) is 1. The molecule has 0 atom stereocenters. The lowest BCUT2D eigenvalue weighted by Crippen LogP contribution is -2.25. The molecule has 0 rings (SSSR count). The van der Waals surface area contributed by atoms with E-state index in [2.05, 4.69) is 5.32 Å². The second-order valence-electron chi connectivity index (χ2n) is 4.26. The molecule has 0 unspecified atom stereocenters. The molecule has 0 radical (unpaired) electrons. The normalized spacial score (nSPS) is 9.91. The van der Waals surface area contributed by atoms with E-state index in [-0.39, 0.29) is 18.3 Å². The van der Waals surface area contributed by atoms with Crippen molar-refractivity contribution in [2.45, 2.75) is 34.1 Å². The third-order valence-electron chi connectivity index (χ3n) is 2.39. The van der Waals surface area contributed by atoms with Gasteiger partial charge < -0.3 is 24.3 Å². The maximum absolute atomic E-state index is 10.9. The summed E-state index contributed by atoms with van der Waals surface area (Å²) in [5.41, 5.74) is 0. The summed E-state index contributed by atoms with van der Waals surface area (Å²) in [5.74, 6) is 0.0341. The second kappa shape index (κ2) is 21.0. The van der Waals surface area contributed by atoms with E-state index in [1.165, 1.54) is 6.92 Å². The van der Waals surface area contributed by atoms with E-state index in [0.717, 1.165) is 0 Å². The SMILES string of the molecule is CC.CCC(=O)COCCOCCOCCOCCNC(C)=O. The molecule has 0 aromatic carbocycles. The third-order valence-corrected chi connectivity index (χ3v) is 2.39. The fraction of sp³-hybridized carbons (Fsp3) is 0.875. The van der Waals surface area contributed by atoms with Gasteiger partial charge in [0.25, 0.3) is 0 Å². The number of amides is 1. The molecule has 138 valence electrons. The summed E-state index contributed by atoms with van der Waals surface area (Å²) >= 11 is 0. The molecule has 0 saturated heterocycles. The summed E-state index contributed by atoms with van der Waals surface area (Å²) in [4.78, 5) is 21.5. The Labute approximate surface area is 140 Å². The van der Waals surface area contributed by atoms with Crippen molar-refractivity contribution in [3.63, 3.8) is 0 Å². The zero-order valence-electron chi connectivity index (χ0n) is 15.0. The Hall–Kier alpha value is -1.02. The fourth-order valence-electron chi connectivity index (χ4n) is 1.25. The van der Waals surface area contributed by atoms with Gasteiger partial charge in [-0.3, -0.25) is 9.59 Å². The van der Waals surface area contributed by atoms with Crippen LogP contribution in [-0.4, -0.2) is 71.1 Å². The molecule has 7 nitrogen and oxygen atoms in total. The van der Waals surface area contributed by atoms with Crippen LogP contribution in [0.5, 0.6) is 0 Å². The Morgan fingerprint density at radius 3 is 1.65 bits per heavy atom. The third kappa shape index (κ3) is 23.4. The molecule has 0 aliphatic carbocycles. The molecule has 0 saturated carbocycles. The zero-order chi connectivity index (χ0) is 17.8. The topological polar surface area (TPSA) is 83.1 Å². The van der Waals surface area contributed by atoms with E-state index >= 15 is 0 Å². The number of carbonyl (C=O) groups excluding carboxylic acids is 2. The zero-order valence-corrected chi connectivity index (χ0v) is 15.0. The predicted octanol–water partition coefficient (Wildman–Crippen LogP) is 1.19. The van der Waals surface area contributed by atoms with Crippen molar-refractivity contribution in [3.8, 4) is 0 Å². The van der Waals surface area contributed by atoms with E-state index in [9.17, 15) is 9.59 Å². The van der Waals surface area contributed by atoms with Crippen molar-refractivity contribution in [2.24, 2.45) is 0 Å². The molecule has 23 heavy (non-hydrogen) atoms. The molecule has 0 bridgehead atoms. The maximum Gasteiger partial charge on any atom is 0.216 e. The van der Waals surface area contributed by atoms with Crippen LogP contribution in [0, 0.1) is 0 Å². The summed E-state index contributed by atoms with van der Waals surface area (Å²) in [6.45, 7) is 11.2. The Balaban J connectivity index is 0. The van der Waals surface area contributed by atoms with Gasteiger partial charge in [0.15, 0.2) is 5.78 Å². The summed E-state index contributed by atoms with van der Waals surface area (Å²) in [6.07, 6.45) is 0.502. The quantitative estimate of drug-likeness (QED) is 0.453. The molecule has 0 aromatic heterocycles. The minimum atomic E-state index is -0.0601. The van der Waals surface area contributed by atoms with Gasteiger partial charge in [-0.2, -0.15) is 0 Å². The van der Waals surface area contributed by atoms with E-state index in [1.807, 2.05) is 20.8 Å². The first-order valence-electron chi connectivity index (χ1n) is 8.24. The molecule has 0 spiro atoms. The first-order valence-corrected chi connectivity index (χ1v) is 8.24. The highest BCUT2D eigenvalue weighted by Crippen LogP contribution is 1.85. The van der Waals surface area contributed by atoms with Crippen LogP contribution in [0.4, 0.5) is 0 Å². The highest BCUT2D eigenvalue weighted by atomic mass is 16.6. The summed E-state index contributed by atoms with van der Waals surface area (Å²) in [5, 5.41) is 2.63. The average molecular weight is 335 g/mol. The van der Waals surface area contributed by atoms with E-state index in [4.69, 9.17) is 18.9 Å². The highest BCUT2D eigenvalue weighted by molar-refractivity contribution is 5.79. The molecule has 1 N–H and O–H groups in total. The van der Waals surface area contributed by atoms with E-state index in [0.29, 0.717) is 59.2 Å². The lowest BCUT2D eigenvalue weighted by atomic mass is 10.3. The van der Waals surface area contributed by atoms with Crippen LogP contribution in [0.1, 0.15) is 34.1 Å². The van der Waals surface area contributed by atoms with Crippen molar-refractivity contribution < 1.29 is 28.5 Å². The number of ether oxygens (including phenoxy) is 4. The van der Waals surface area contributed by atoms with Crippen molar-refractivity contribution in [1.82, 2.24) is 5.32 Å². The Morgan fingerprint density at radius 2 is 1.22 bits per heavy atom. The molecule has 0 heterocycles. The second-order valence-corrected chi connectivity index (χ2v) is 4.26. The first-order chi connectivity index (χ1) is 11.2. The summed E-state index contributed by atoms with van der Waals surface area (Å²) in [7, 11) is 0. The lowest BCUT2D eigenvalue weighted by Gasteiger charge is -2.07. The van der Waals surface area contributed by atoms with Gasteiger partial charge in [-0.25, -0.2) is 0 Å². The van der Waals surface area contributed by atoms with Gasteiger partial charge >= 0.3 is 0 Å². The predicted molar refractivity (Wildman–Crippen MR) is 88.6 cm³/mol. The molecular formula is C16H33NO6. The first kappa shape index (κ1) is 24.2. The number of hydrogen-bond donors (Lipinski definition) is 1. The Kier molecular flexibility index (Phi) is 22.1. The molecule has 1 amide bonds. The summed E-state index contributed by atoms with van der Waals surface area (Å²) in [6, 6.07) is 0. The smallest absolute Gasteiger partial charge is 0.216 e. The molecular weight excluding hydrogens is 302 g/mol. The number of Topliss-reactive ketones (excluding diaryl/α,β-unsaturated/α-hetero) is 1. The number of carbonyl (C=O) groups is 2. The minimum Gasteiger partial charge on any atom is -0.377 e. The highest BCUT2D eigenvalue weighted by Gasteiger charge is 1.97. The van der Waals surface area contributed by atoms with E-state index < -0.39 is 0 Å². The van der Waals surface area contributed by atoms with Gasteiger partial charge in [0.2, 0.25) is 5.91 Å². The van der Waals surface area contributed by atoms with Gasteiger partial charge in [-0.1, -0.05) is 20.8 Å². The molecule has 0 aliphatic heterocycles. The minimum absolute atomic E-state index is 0.0601. The van der Waals surface area contributed by atoms with Gasteiger partial charge in [0.1, 0.15) is 6.61 Å². The van der Waals surface area contributed by atoms with Crippen LogP contribution in [-0.2, 0) is 28.5 Å². The number of ketones is 1. The van der Waals surface area contributed by atoms with Gasteiger partial charge in [-0.15, -0.1) is 0 Å². The van der Waals surface area contributed by atoms with Crippen LogP contribution in [0.3, 0.4) is 0 Å². The van der Waals surface area contributed by atoms with Crippen LogP contribution in [0.15, 0.2) is 0 Å². The van der Waals surface area contributed by atoms with Crippen LogP contribution < -0.4 is 5.32 Å². The van der Waals surface area contributed by atoms with Crippen molar-refractivity contribution in [3.05, 3.63) is 0 Å². The average Bonchev–Trinajstić information content (AvgIpc) is 2.56. The fourth-order valence-corrected chi connectivity index (χ4v) is 1.25. The standard InChI is InChI=1S/C14H27NO6.C2H6/c1-3-14(17)12-21-11-10-20-9-8-19-7-6-18-5-4-15-13(2)16;1-2/h3-12H2,1-2H3,(H,15,16);1-2H3. The van der Waals surface area contributed by atoms with Crippen LogP contribution in [0.2, 0.25) is 0 Å². The van der Waals surface area contributed by atoms with Gasteiger partial charge in [0, 0.05) is 19.9 Å². The largest absolute Gasteiger partial charge is 0.377 e. The van der Waals surface area contributed by atoms with Crippen LogP contribution >= 0.6 is 0 Å². The van der Waals surface area contributed by atoms with Crippen molar-refractivity contribution >= 4 is 11.7 Å². The van der Waals surface area contributed by atoms with E-state index in [1.54, 1.807) is 0 Å². The number of hydrogen-bond acceptors (Lipinski definition) is 6. The number of rotatable bonds is 15. The lowest BCUT2D eigenvalue weighted by molar-refractivity contribution is -0.124. The Morgan fingerprint density at radius 1 is 0.783 bits per heavy atom. The summed E-state index contributed by atoms with van der Waals surface area (Å²) < 4.78 is 20.9. The van der Waals surface area contributed by atoms with Crippen molar-refractivity contribution in [1.29, 1.82) is 0 Å². The van der Waals surface area contributed by atoms with Crippen molar-refractivity contribution in [2.75, 3.05) is 59.4 Å². The molecule has 0 aromatic rings. The monoisotopic (exact) mass is 335 g/mol. The van der Waals surface area contributed by atoms with Crippen LogP contribution in [0.25, 0.3) is 0 Å².